The molecule has 6 heteroatoms. The highest BCUT2D eigenvalue weighted by molar-refractivity contribution is 6.02. The lowest BCUT2D eigenvalue weighted by molar-refractivity contribution is -0.151. The smallest absolute Gasteiger partial charge is 0.248 e. The molecule has 4 aromatic rings. The molecule has 0 aliphatic rings. The van der Waals surface area contributed by atoms with Crippen LogP contribution in [0.15, 0.2) is 115 Å². The maximum absolute atomic E-state index is 13.7. The van der Waals surface area contributed by atoms with Crippen LogP contribution in [0.3, 0.4) is 0 Å². The van der Waals surface area contributed by atoms with Gasteiger partial charge in [0.25, 0.3) is 0 Å². The second-order valence-corrected chi connectivity index (χ2v) is 8.76. The first-order valence-electron chi connectivity index (χ1n) is 12.1. The van der Waals surface area contributed by atoms with E-state index in [9.17, 15) is 14.4 Å². The van der Waals surface area contributed by atoms with Crippen molar-refractivity contribution in [2.24, 2.45) is 0 Å². The molecule has 186 valence electrons. The van der Waals surface area contributed by atoms with Crippen molar-refractivity contribution < 1.29 is 14.4 Å². The molecule has 0 aliphatic heterocycles. The molecule has 0 heterocycles. The summed E-state index contributed by atoms with van der Waals surface area (Å²) < 4.78 is 0. The SMILES string of the molecule is Nc1cccc(C(C(=O)NCc2ccccc2)N(C(=O)Cc2ccccc2)C(=O)Cc2ccccc2)c1. The van der Waals surface area contributed by atoms with Crippen LogP contribution >= 0.6 is 0 Å². The Morgan fingerprint density at radius 1 is 0.649 bits per heavy atom. The highest BCUT2D eigenvalue weighted by atomic mass is 16.2. The molecule has 0 aliphatic carbocycles. The molecule has 4 aromatic carbocycles. The molecule has 1 atom stereocenters. The highest BCUT2D eigenvalue weighted by Crippen LogP contribution is 2.26. The Morgan fingerprint density at radius 3 is 1.62 bits per heavy atom. The standard InChI is InChI=1S/C31H29N3O3/c32-27-18-10-17-26(21-27)30(31(37)33-22-25-15-8-3-9-16-25)34(28(35)19-23-11-4-1-5-12-23)29(36)20-24-13-6-2-7-14-24/h1-18,21,30H,19-20,22,32H2,(H,33,37). The minimum Gasteiger partial charge on any atom is -0.399 e. The number of imide groups is 1. The molecule has 0 spiro atoms. The van der Waals surface area contributed by atoms with Crippen molar-refractivity contribution in [2.45, 2.75) is 25.4 Å². The molecule has 3 N–H and O–H groups in total. The van der Waals surface area contributed by atoms with Gasteiger partial charge in [0, 0.05) is 12.2 Å². The Morgan fingerprint density at radius 2 is 1.14 bits per heavy atom. The van der Waals surface area contributed by atoms with Gasteiger partial charge in [-0.15, -0.1) is 0 Å². The first-order chi connectivity index (χ1) is 18.0. The minimum absolute atomic E-state index is 0.0217. The molecule has 0 saturated heterocycles. The quantitative estimate of drug-likeness (QED) is 0.338. The molecule has 0 saturated carbocycles. The summed E-state index contributed by atoms with van der Waals surface area (Å²) in [6, 6.07) is 33.4. The predicted octanol–water partition coefficient (Wildman–Crippen LogP) is 4.47. The molecule has 0 bridgehead atoms. The zero-order valence-electron chi connectivity index (χ0n) is 20.4. The van der Waals surface area contributed by atoms with Crippen LogP contribution in [-0.4, -0.2) is 22.6 Å². The van der Waals surface area contributed by atoms with E-state index in [1.165, 1.54) is 0 Å². The van der Waals surface area contributed by atoms with Crippen molar-refractivity contribution in [2.75, 3.05) is 5.73 Å². The summed E-state index contributed by atoms with van der Waals surface area (Å²) in [5.74, 6) is -1.39. The molecule has 1 unspecified atom stereocenters. The fourth-order valence-corrected chi connectivity index (χ4v) is 4.17. The third-order valence-electron chi connectivity index (χ3n) is 5.98. The van der Waals surface area contributed by atoms with Gasteiger partial charge in [0.1, 0.15) is 6.04 Å². The van der Waals surface area contributed by atoms with E-state index in [0.717, 1.165) is 21.6 Å². The first kappa shape index (κ1) is 25.4. The number of hydrogen-bond donors (Lipinski definition) is 2. The lowest BCUT2D eigenvalue weighted by Gasteiger charge is -2.30. The molecular formula is C31H29N3O3. The lowest BCUT2D eigenvalue weighted by Crippen LogP contribution is -2.48. The Bertz CT molecular complexity index is 1290. The van der Waals surface area contributed by atoms with Gasteiger partial charge in [0.05, 0.1) is 12.8 Å². The van der Waals surface area contributed by atoms with E-state index in [2.05, 4.69) is 5.32 Å². The first-order valence-corrected chi connectivity index (χ1v) is 12.1. The van der Waals surface area contributed by atoms with Gasteiger partial charge in [-0.2, -0.15) is 0 Å². The number of nitrogens with two attached hydrogens (primary N) is 1. The fourth-order valence-electron chi connectivity index (χ4n) is 4.17. The van der Waals surface area contributed by atoms with Crippen molar-refractivity contribution in [1.82, 2.24) is 10.2 Å². The van der Waals surface area contributed by atoms with E-state index in [4.69, 9.17) is 5.73 Å². The molecular weight excluding hydrogens is 462 g/mol. The summed E-state index contributed by atoms with van der Waals surface area (Å²) in [6.07, 6.45) is -0.0434. The van der Waals surface area contributed by atoms with E-state index in [1.54, 1.807) is 24.3 Å². The van der Waals surface area contributed by atoms with Gasteiger partial charge in [-0.3, -0.25) is 19.3 Å². The van der Waals surface area contributed by atoms with Crippen LogP contribution in [0, 0.1) is 0 Å². The van der Waals surface area contributed by atoms with Crippen LogP contribution in [0.5, 0.6) is 0 Å². The topological polar surface area (TPSA) is 92.5 Å². The molecule has 3 amide bonds. The predicted molar refractivity (Wildman–Crippen MR) is 144 cm³/mol. The van der Waals surface area contributed by atoms with Crippen LogP contribution < -0.4 is 11.1 Å². The normalized spacial score (nSPS) is 11.4. The van der Waals surface area contributed by atoms with Crippen molar-refractivity contribution >= 4 is 23.4 Å². The van der Waals surface area contributed by atoms with E-state index in [1.807, 2.05) is 91.0 Å². The second-order valence-electron chi connectivity index (χ2n) is 8.76. The maximum atomic E-state index is 13.7. The summed E-state index contributed by atoms with van der Waals surface area (Å²) in [5.41, 5.74) is 9.35. The zero-order chi connectivity index (χ0) is 26.0. The number of amides is 3. The number of anilines is 1. The van der Waals surface area contributed by atoms with Crippen LogP contribution in [0.25, 0.3) is 0 Å². The van der Waals surface area contributed by atoms with Gasteiger partial charge in [-0.05, 0) is 34.4 Å². The van der Waals surface area contributed by atoms with Crippen LogP contribution in [0.2, 0.25) is 0 Å². The van der Waals surface area contributed by atoms with Crippen LogP contribution in [0.4, 0.5) is 5.69 Å². The van der Waals surface area contributed by atoms with E-state index >= 15 is 0 Å². The summed E-state index contributed by atoms with van der Waals surface area (Å²) >= 11 is 0. The maximum Gasteiger partial charge on any atom is 0.248 e. The number of nitrogen functional groups attached to an aromatic ring is 1. The number of nitrogens with zero attached hydrogens (tertiary/aromatic N) is 1. The zero-order valence-corrected chi connectivity index (χ0v) is 20.4. The molecule has 4 rings (SSSR count). The van der Waals surface area contributed by atoms with Crippen molar-refractivity contribution in [3.63, 3.8) is 0 Å². The van der Waals surface area contributed by atoms with Crippen molar-refractivity contribution in [3.05, 3.63) is 138 Å². The Hall–Kier alpha value is -4.71. The Balaban J connectivity index is 1.70. The number of hydrogen-bond acceptors (Lipinski definition) is 4. The monoisotopic (exact) mass is 491 g/mol. The number of rotatable bonds is 9. The van der Waals surface area contributed by atoms with Crippen LogP contribution in [0.1, 0.15) is 28.3 Å². The Labute approximate surface area is 216 Å². The summed E-state index contributed by atoms with van der Waals surface area (Å²) in [7, 11) is 0. The minimum atomic E-state index is -1.18. The third-order valence-corrected chi connectivity index (χ3v) is 5.98. The third kappa shape index (κ3) is 6.92. The van der Waals surface area contributed by atoms with Crippen molar-refractivity contribution in [1.29, 1.82) is 0 Å². The van der Waals surface area contributed by atoms with Gasteiger partial charge in [0.2, 0.25) is 17.7 Å². The number of carbonyl (C=O) groups is 3. The highest BCUT2D eigenvalue weighted by Gasteiger charge is 2.36. The van der Waals surface area contributed by atoms with E-state index in [-0.39, 0.29) is 19.4 Å². The average molecular weight is 492 g/mol. The van der Waals surface area contributed by atoms with E-state index < -0.39 is 23.8 Å². The van der Waals surface area contributed by atoms with Gasteiger partial charge < -0.3 is 11.1 Å². The fraction of sp³-hybridized carbons (Fsp3) is 0.129. The summed E-state index contributed by atoms with van der Waals surface area (Å²) in [6.45, 7) is 0.256. The molecule has 0 radical (unpaired) electrons. The number of nitrogens with one attached hydrogen (secondary N) is 1. The van der Waals surface area contributed by atoms with Crippen molar-refractivity contribution in [3.8, 4) is 0 Å². The molecule has 6 nitrogen and oxygen atoms in total. The van der Waals surface area contributed by atoms with Gasteiger partial charge in [0.15, 0.2) is 0 Å². The average Bonchev–Trinajstić information content (AvgIpc) is 2.92. The van der Waals surface area contributed by atoms with Gasteiger partial charge >= 0.3 is 0 Å². The van der Waals surface area contributed by atoms with Gasteiger partial charge in [-0.1, -0.05) is 103 Å². The van der Waals surface area contributed by atoms with E-state index in [0.29, 0.717) is 11.3 Å². The number of carbonyl (C=O) groups excluding carboxylic acids is 3. The molecule has 0 fully saturated rings. The lowest BCUT2D eigenvalue weighted by atomic mass is 10.0. The largest absolute Gasteiger partial charge is 0.399 e. The Kier molecular flexibility index (Phi) is 8.45. The second kappa shape index (κ2) is 12.3. The molecule has 0 aromatic heterocycles. The number of benzene rings is 4. The summed E-state index contributed by atoms with van der Waals surface area (Å²) in [4.78, 5) is 42.2. The van der Waals surface area contributed by atoms with Crippen LogP contribution in [-0.2, 0) is 33.8 Å². The van der Waals surface area contributed by atoms with Gasteiger partial charge in [-0.25, -0.2) is 0 Å². The molecule has 37 heavy (non-hydrogen) atoms. The summed E-state index contributed by atoms with van der Waals surface area (Å²) in [5, 5.41) is 2.91.